The number of hydrogen-bond donors (Lipinski definition) is 0. The molecule has 0 bridgehead atoms. The molecule has 1 atom stereocenters. The summed E-state index contributed by atoms with van der Waals surface area (Å²) in [6.45, 7) is 3.89. The molecule has 80 valence electrons. The minimum atomic E-state index is -0.241. The summed E-state index contributed by atoms with van der Waals surface area (Å²) in [6.07, 6.45) is 3.02. The van der Waals surface area contributed by atoms with Crippen molar-refractivity contribution in [2.24, 2.45) is 10.6 Å². The van der Waals surface area contributed by atoms with Crippen LogP contribution in [-0.4, -0.2) is 25.4 Å². The van der Waals surface area contributed by atoms with E-state index in [1.807, 2.05) is 0 Å². The summed E-state index contributed by atoms with van der Waals surface area (Å²) in [7, 11) is 1.54. The molecule has 1 aliphatic rings. The summed E-state index contributed by atoms with van der Waals surface area (Å²) in [6, 6.07) is 0. The zero-order valence-corrected chi connectivity index (χ0v) is 9.00. The van der Waals surface area contributed by atoms with Gasteiger partial charge in [-0.25, -0.2) is 0 Å². The number of carbonyl (C=O) groups is 1. The molecule has 0 spiro atoms. The van der Waals surface area contributed by atoms with Crippen LogP contribution in [0.3, 0.4) is 0 Å². The molecule has 1 unspecified atom stereocenters. The Morgan fingerprint density at radius 3 is 2.93 bits per heavy atom. The number of rotatable bonds is 3. The average molecular weight is 199 g/mol. The number of carbonyl (C=O) groups excluding carboxylic acids is 1. The predicted molar refractivity (Wildman–Crippen MR) is 53.0 cm³/mol. The first-order valence-corrected chi connectivity index (χ1v) is 4.82. The monoisotopic (exact) mass is 199 g/mol. The van der Waals surface area contributed by atoms with Gasteiger partial charge < -0.3 is 9.57 Å². The van der Waals surface area contributed by atoms with E-state index in [0.717, 1.165) is 25.0 Å². The molecule has 0 aromatic heterocycles. The van der Waals surface area contributed by atoms with Crippen molar-refractivity contribution in [3.05, 3.63) is 0 Å². The van der Waals surface area contributed by atoms with Crippen molar-refractivity contribution in [2.45, 2.75) is 33.1 Å². The van der Waals surface area contributed by atoms with Crippen LogP contribution in [0, 0.1) is 5.41 Å². The van der Waals surface area contributed by atoms with Crippen LogP contribution in [0.1, 0.15) is 33.1 Å². The molecule has 1 aliphatic carbocycles. The van der Waals surface area contributed by atoms with E-state index in [9.17, 15) is 4.79 Å². The number of nitrogens with zero attached hydrogens (tertiary/aromatic N) is 1. The van der Waals surface area contributed by atoms with Gasteiger partial charge in [-0.1, -0.05) is 12.1 Å². The summed E-state index contributed by atoms with van der Waals surface area (Å²) in [5.41, 5.74) is 0.878. The minimum Gasteiger partial charge on any atom is -0.465 e. The fraction of sp³-hybridized carbons (Fsp3) is 0.800. The smallest absolute Gasteiger partial charge is 0.302 e. The topological polar surface area (TPSA) is 47.9 Å². The number of hydrogen-bond acceptors (Lipinski definition) is 4. The molecule has 1 rings (SSSR count). The Kier molecular flexibility index (Phi) is 3.49. The van der Waals surface area contributed by atoms with Crippen LogP contribution in [-0.2, 0) is 14.4 Å². The van der Waals surface area contributed by atoms with Gasteiger partial charge in [-0.15, -0.1) is 0 Å². The zero-order chi connectivity index (χ0) is 10.6. The lowest BCUT2D eigenvalue weighted by atomic mass is 9.88. The molecular weight excluding hydrogens is 182 g/mol. The first kappa shape index (κ1) is 11.0. The first-order chi connectivity index (χ1) is 6.58. The standard InChI is InChI=1S/C10H17NO3/c1-8(12)14-7-10(2)6-4-5-9(10)11-13-3/h4-7H2,1-3H3/b11-9-. The molecule has 14 heavy (non-hydrogen) atoms. The van der Waals surface area contributed by atoms with Gasteiger partial charge in [-0.2, -0.15) is 0 Å². The highest BCUT2D eigenvalue weighted by Gasteiger charge is 2.37. The van der Waals surface area contributed by atoms with Crippen LogP contribution in [0.15, 0.2) is 5.16 Å². The predicted octanol–water partition coefficient (Wildman–Crippen LogP) is 1.74. The van der Waals surface area contributed by atoms with Gasteiger partial charge in [0.05, 0.1) is 5.71 Å². The quantitative estimate of drug-likeness (QED) is 0.514. The molecule has 1 fully saturated rings. The fourth-order valence-electron chi connectivity index (χ4n) is 1.77. The Hall–Kier alpha value is -1.06. The average Bonchev–Trinajstić information content (AvgIpc) is 2.47. The number of esters is 1. The van der Waals surface area contributed by atoms with Crippen molar-refractivity contribution in [1.82, 2.24) is 0 Å². The SMILES string of the molecule is CO/N=C1/CCCC1(C)COC(C)=O. The highest BCUT2D eigenvalue weighted by molar-refractivity contribution is 5.91. The third kappa shape index (κ3) is 2.47. The van der Waals surface area contributed by atoms with Crippen molar-refractivity contribution in [1.29, 1.82) is 0 Å². The third-order valence-corrected chi connectivity index (χ3v) is 2.63. The van der Waals surface area contributed by atoms with Crippen LogP contribution in [0.5, 0.6) is 0 Å². The molecule has 0 radical (unpaired) electrons. The van der Waals surface area contributed by atoms with Crippen LogP contribution in [0.4, 0.5) is 0 Å². The lowest BCUT2D eigenvalue weighted by Gasteiger charge is -2.23. The largest absolute Gasteiger partial charge is 0.465 e. The number of ether oxygens (including phenoxy) is 1. The first-order valence-electron chi connectivity index (χ1n) is 4.82. The van der Waals surface area contributed by atoms with Crippen molar-refractivity contribution in [2.75, 3.05) is 13.7 Å². The highest BCUT2D eigenvalue weighted by atomic mass is 16.6. The van der Waals surface area contributed by atoms with E-state index in [4.69, 9.17) is 9.57 Å². The van der Waals surface area contributed by atoms with Gasteiger partial charge in [-0.05, 0) is 19.3 Å². The minimum absolute atomic E-state index is 0.123. The molecule has 0 aromatic carbocycles. The lowest BCUT2D eigenvalue weighted by molar-refractivity contribution is -0.143. The van der Waals surface area contributed by atoms with Gasteiger partial charge in [0, 0.05) is 12.3 Å². The second kappa shape index (κ2) is 4.44. The Labute approximate surface area is 84.3 Å². The van der Waals surface area contributed by atoms with E-state index in [2.05, 4.69) is 12.1 Å². The van der Waals surface area contributed by atoms with Crippen LogP contribution < -0.4 is 0 Å². The van der Waals surface area contributed by atoms with Gasteiger partial charge in [0.15, 0.2) is 0 Å². The van der Waals surface area contributed by atoms with Crippen LogP contribution in [0.25, 0.3) is 0 Å². The molecule has 0 aliphatic heterocycles. The Morgan fingerprint density at radius 2 is 2.36 bits per heavy atom. The zero-order valence-electron chi connectivity index (χ0n) is 9.00. The second-order valence-corrected chi connectivity index (χ2v) is 3.92. The van der Waals surface area contributed by atoms with Gasteiger partial charge in [0.2, 0.25) is 0 Å². The van der Waals surface area contributed by atoms with Crippen LogP contribution >= 0.6 is 0 Å². The van der Waals surface area contributed by atoms with E-state index in [-0.39, 0.29) is 11.4 Å². The Balaban J connectivity index is 2.62. The van der Waals surface area contributed by atoms with E-state index in [1.54, 1.807) is 0 Å². The van der Waals surface area contributed by atoms with E-state index in [1.165, 1.54) is 14.0 Å². The summed E-state index contributed by atoms with van der Waals surface area (Å²) >= 11 is 0. The van der Waals surface area contributed by atoms with E-state index < -0.39 is 0 Å². The molecule has 1 saturated carbocycles. The lowest BCUT2D eigenvalue weighted by Crippen LogP contribution is -2.29. The van der Waals surface area contributed by atoms with Crippen molar-refractivity contribution in [3.63, 3.8) is 0 Å². The summed E-state index contributed by atoms with van der Waals surface area (Å²) in [5, 5.41) is 3.98. The highest BCUT2D eigenvalue weighted by Crippen LogP contribution is 2.35. The molecule has 0 amide bonds. The van der Waals surface area contributed by atoms with Crippen molar-refractivity contribution >= 4 is 11.7 Å². The van der Waals surface area contributed by atoms with Gasteiger partial charge in [-0.3, -0.25) is 4.79 Å². The van der Waals surface area contributed by atoms with Crippen molar-refractivity contribution in [3.8, 4) is 0 Å². The van der Waals surface area contributed by atoms with Crippen LogP contribution in [0.2, 0.25) is 0 Å². The molecule has 0 saturated heterocycles. The maximum atomic E-state index is 10.7. The molecular formula is C10H17NO3. The third-order valence-electron chi connectivity index (χ3n) is 2.63. The number of oxime groups is 1. The Morgan fingerprint density at radius 1 is 1.64 bits per heavy atom. The molecule has 4 nitrogen and oxygen atoms in total. The van der Waals surface area contributed by atoms with E-state index >= 15 is 0 Å². The molecule has 4 heteroatoms. The maximum absolute atomic E-state index is 10.7. The summed E-state index contributed by atoms with van der Waals surface area (Å²) in [4.78, 5) is 15.5. The summed E-state index contributed by atoms with van der Waals surface area (Å²) in [5.74, 6) is -0.241. The van der Waals surface area contributed by atoms with Gasteiger partial charge in [0.1, 0.15) is 13.7 Å². The molecule has 0 aromatic rings. The maximum Gasteiger partial charge on any atom is 0.302 e. The van der Waals surface area contributed by atoms with Gasteiger partial charge in [0.25, 0.3) is 0 Å². The Bertz CT molecular complexity index is 250. The fourth-order valence-corrected chi connectivity index (χ4v) is 1.77. The molecule has 0 N–H and O–H groups in total. The normalized spacial score (nSPS) is 29.2. The summed E-state index contributed by atoms with van der Waals surface area (Å²) < 4.78 is 5.03. The van der Waals surface area contributed by atoms with E-state index in [0.29, 0.717) is 6.61 Å². The van der Waals surface area contributed by atoms with Crippen molar-refractivity contribution < 1.29 is 14.4 Å². The second-order valence-electron chi connectivity index (χ2n) is 3.92. The molecule has 0 heterocycles. The van der Waals surface area contributed by atoms with Gasteiger partial charge >= 0.3 is 5.97 Å².